The van der Waals surface area contributed by atoms with Gasteiger partial charge in [-0.3, -0.25) is 28.8 Å². The molecule has 15 nitrogen and oxygen atoms in total. The number of aliphatic carboxylic acids is 3. The molecule has 0 aliphatic heterocycles. The Balaban J connectivity index is -0.000000145. The SMILES string of the molecule is C.C.C.C#CCCC(=O)CCCOC[C@H](N)C(=O)O.C=CCCC(=O)CCCOC[C@H](N)C(=O)O.CCCCC(=O)CCCOC[C@H](N)C(=O)O. The van der Waals surface area contributed by atoms with E-state index in [1.54, 1.807) is 6.08 Å². The van der Waals surface area contributed by atoms with Gasteiger partial charge in [0, 0.05) is 64.8 Å². The largest absolute Gasteiger partial charge is 0.480 e. The number of ketones is 3. The molecule has 0 unspecified atom stereocenters. The summed E-state index contributed by atoms with van der Waals surface area (Å²) in [6.07, 6.45) is 14.5. The molecule has 51 heavy (non-hydrogen) atoms. The highest BCUT2D eigenvalue weighted by atomic mass is 16.5. The molecule has 0 aliphatic carbocycles. The van der Waals surface area contributed by atoms with Crippen LogP contribution in [0.4, 0.5) is 0 Å². The summed E-state index contributed by atoms with van der Waals surface area (Å²) < 4.78 is 15.1. The van der Waals surface area contributed by atoms with Crippen LogP contribution >= 0.6 is 0 Å². The summed E-state index contributed by atoms with van der Waals surface area (Å²) in [7, 11) is 0. The molecule has 0 saturated heterocycles. The molecule has 0 aromatic carbocycles. The number of terminal acetylenes is 1. The third-order valence-electron chi connectivity index (χ3n) is 6.06. The van der Waals surface area contributed by atoms with E-state index in [-0.39, 0.29) is 59.5 Å². The Morgan fingerprint density at radius 1 is 0.627 bits per heavy atom. The maximum atomic E-state index is 11.2. The lowest BCUT2D eigenvalue weighted by Crippen LogP contribution is -2.35. The van der Waals surface area contributed by atoms with E-state index in [4.69, 9.17) is 53.2 Å². The lowest BCUT2D eigenvalue weighted by Gasteiger charge is -2.07. The fraction of sp³-hybridized carbons (Fsp3) is 0.722. The van der Waals surface area contributed by atoms with E-state index in [9.17, 15) is 28.8 Å². The predicted molar refractivity (Wildman–Crippen MR) is 199 cm³/mol. The summed E-state index contributed by atoms with van der Waals surface area (Å²) in [5.74, 6) is -0.334. The zero-order valence-electron chi connectivity index (χ0n) is 28.3. The molecule has 3 atom stereocenters. The number of hydrogen-bond donors (Lipinski definition) is 6. The topological polar surface area (TPSA) is 269 Å². The standard InChI is InChI=1S/C11H21NO4.C11H19NO4.C11H17NO4.3CH4/c3*1-2-3-5-9(13)6-4-7-16-8-10(12)11(14)15;;;/h10H,2-8,12H2,1H3,(H,14,15);2,10H,1,3-8,12H2,(H,14,15);1,10H,3-8,12H2,(H,14,15);3*1H4/t3*10-;;;/m000.../s1. The number of unbranched alkanes of at least 4 members (excludes halogenated alkanes) is 1. The van der Waals surface area contributed by atoms with Gasteiger partial charge in [-0.2, -0.15) is 0 Å². The smallest absolute Gasteiger partial charge is 0.322 e. The van der Waals surface area contributed by atoms with Crippen LogP contribution in [0.25, 0.3) is 0 Å². The second kappa shape index (κ2) is 42.6. The third kappa shape index (κ3) is 46.5. The molecule has 0 amide bonds. The van der Waals surface area contributed by atoms with Crippen LogP contribution in [0.15, 0.2) is 12.7 Å². The van der Waals surface area contributed by atoms with Crippen LogP contribution in [0, 0.1) is 12.3 Å². The average Bonchev–Trinajstić information content (AvgIpc) is 3.04. The monoisotopic (exact) mass is 735 g/mol. The molecule has 0 spiro atoms. The fourth-order valence-corrected chi connectivity index (χ4v) is 3.18. The minimum atomic E-state index is -1.09. The number of ether oxygens (including phenoxy) is 3. The highest BCUT2D eigenvalue weighted by Crippen LogP contribution is 2.02. The van der Waals surface area contributed by atoms with E-state index in [1.165, 1.54) is 0 Å². The second-order valence-corrected chi connectivity index (χ2v) is 10.6. The van der Waals surface area contributed by atoms with Crippen molar-refractivity contribution in [3.63, 3.8) is 0 Å². The number of carboxylic acid groups (broad SMARTS) is 3. The number of rotatable bonds is 29. The normalized spacial score (nSPS) is 11.4. The fourth-order valence-electron chi connectivity index (χ4n) is 3.18. The van der Waals surface area contributed by atoms with Gasteiger partial charge in [-0.1, -0.05) is 41.7 Å². The quantitative estimate of drug-likeness (QED) is 0.0363. The average molecular weight is 736 g/mol. The van der Waals surface area contributed by atoms with Gasteiger partial charge in [0.25, 0.3) is 0 Å². The molecule has 0 fully saturated rings. The van der Waals surface area contributed by atoms with Crippen molar-refractivity contribution in [2.24, 2.45) is 17.2 Å². The first-order chi connectivity index (χ1) is 22.7. The molecule has 0 radical (unpaired) electrons. The molecule has 0 heterocycles. The Morgan fingerprint density at radius 3 is 1.24 bits per heavy atom. The van der Waals surface area contributed by atoms with Crippen LogP contribution in [-0.2, 0) is 43.0 Å². The Morgan fingerprint density at radius 2 is 0.941 bits per heavy atom. The number of nitrogens with two attached hydrogens (primary N) is 3. The zero-order chi connectivity index (χ0) is 37.2. The number of carbonyl (C=O) groups is 6. The Bertz CT molecular complexity index is 970. The lowest BCUT2D eigenvalue weighted by molar-refractivity contribution is -0.141. The van der Waals surface area contributed by atoms with Crippen molar-refractivity contribution in [2.45, 2.75) is 131 Å². The maximum Gasteiger partial charge on any atom is 0.322 e. The van der Waals surface area contributed by atoms with Crippen LogP contribution in [0.5, 0.6) is 0 Å². The number of Topliss-reactive ketones (excluding diaryl/α,β-unsaturated/α-hetero) is 3. The lowest BCUT2D eigenvalue weighted by atomic mass is 10.1. The Labute approximate surface area is 306 Å². The van der Waals surface area contributed by atoms with Crippen molar-refractivity contribution in [1.82, 2.24) is 0 Å². The van der Waals surface area contributed by atoms with Gasteiger partial charge in [0.15, 0.2) is 0 Å². The van der Waals surface area contributed by atoms with E-state index in [0.717, 1.165) is 12.8 Å². The minimum Gasteiger partial charge on any atom is -0.480 e. The number of hydrogen-bond acceptors (Lipinski definition) is 12. The third-order valence-corrected chi connectivity index (χ3v) is 6.06. The minimum absolute atomic E-state index is 0. The maximum absolute atomic E-state index is 11.2. The molecule has 0 rings (SSSR count). The van der Waals surface area contributed by atoms with E-state index in [2.05, 4.69) is 12.5 Å². The predicted octanol–water partition coefficient (Wildman–Crippen LogP) is 3.77. The summed E-state index contributed by atoms with van der Waals surface area (Å²) in [6.45, 7) is 6.61. The number of carboxylic acids is 3. The first-order valence-electron chi connectivity index (χ1n) is 16.0. The summed E-state index contributed by atoms with van der Waals surface area (Å²) >= 11 is 0. The molecule has 0 aromatic rings. The van der Waals surface area contributed by atoms with E-state index in [0.29, 0.717) is 90.4 Å². The summed E-state index contributed by atoms with van der Waals surface area (Å²) in [5, 5.41) is 25.4. The van der Waals surface area contributed by atoms with Gasteiger partial charge >= 0.3 is 17.9 Å². The van der Waals surface area contributed by atoms with Crippen molar-refractivity contribution in [2.75, 3.05) is 39.6 Å². The van der Waals surface area contributed by atoms with E-state index >= 15 is 0 Å². The molecule has 9 N–H and O–H groups in total. The molecule has 0 aromatic heterocycles. The molecule has 0 aliphatic rings. The van der Waals surface area contributed by atoms with Crippen molar-refractivity contribution >= 4 is 35.3 Å². The summed E-state index contributed by atoms with van der Waals surface area (Å²) in [6, 6.07) is -2.97. The molecular formula is C36H69N3O12. The van der Waals surface area contributed by atoms with Crippen LogP contribution in [0.1, 0.15) is 113 Å². The molecule has 300 valence electrons. The van der Waals surface area contributed by atoms with Crippen molar-refractivity contribution < 1.29 is 58.3 Å². The van der Waals surface area contributed by atoms with Crippen LogP contribution in [0.3, 0.4) is 0 Å². The van der Waals surface area contributed by atoms with Crippen molar-refractivity contribution in [3.8, 4) is 12.3 Å². The molecular weight excluding hydrogens is 666 g/mol. The van der Waals surface area contributed by atoms with E-state index < -0.39 is 36.0 Å². The van der Waals surface area contributed by atoms with Gasteiger partial charge in [0.1, 0.15) is 35.5 Å². The van der Waals surface area contributed by atoms with Crippen molar-refractivity contribution in [1.29, 1.82) is 0 Å². The van der Waals surface area contributed by atoms with Gasteiger partial charge in [-0.15, -0.1) is 18.9 Å². The van der Waals surface area contributed by atoms with Crippen LogP contribution in [0.2, 0.25) is 0 Å². The molecule has 0 bridgehead atoms. The summed E-state index contributed by atoms with van der Waals surface area (Å²) in [4.78, 5) is 64.5. The van der Waals surface area contributed by atoms with Gasteiger partial charge in [-0.05, 0) is 32.1 Å². The van der Waals surface area contributed by atoms with Gasteiger partial charge in [0.05, 0.1) is 19.8 Å². The Hall–Kier alpha value is -3.52. The number of carbonyl (C=O) groups excluding carboxylic acids is 3. The number of allylic oxidation sites excluding steroid dienone is 1. The Kier molecular flexibility index (Phi) is 49.9. The highest BCUT2D eigenvalue weighted by Gasteiger charge is 2.12. The first kappa shape index (κ1) is 59.6. The first-order valence-corrected chi connectivity index (χ1v) is 16.0. The van der Waals surface area contributed by atoms with Crippen molar-refractivity contribution in [3.05, 3.63) is 12.7 Å². The van der Waals surface area contributed by atoms with E-state index in [1.807, 2.05) is 6.92 Å². The van der Waals surface area contributed by atoms with Gasteiger partial charge < -0.3 is 46.7 Å². The second-order valence-electron chi connectivity index (χ2n) is 10.6. The molecule has 0 saturated carbocycles. The van der Waals surface area contributed by atoms with Crippen LogP contribution < -0.4 is 17.2 Å². The highest BCUT2D eigenvalue weighted by molar-refractivity contribution is 5.79. The van der Waals surface area contributed by atoms with Gasteiger partial charge in [0.2, 0.25) is 0 Å². The van der Waals surface area contributed by atoms with Gasteiger partial charge in [-0.25, -0.2) is 0 Å². The summed E-state index contributed by atoms with van der Waals surface area (Å²) in [5.41, 5.74) is 15.7. The van der Waals surface area contributed by atoms with Crippen LogP contribution in [-0.4, -0.2) is 108 Å². The molecule has 15 heteroatoms. The zero-order valence-corrected chi connectivity index (χ0v) is 28.3.